The molecule has 0 aromatic rings. The number of likely N-dealkylation sites (tertiary alicyclic amines) is 1. The molecule has 2 aliphatic rings. The van der Waals surface area contributed by atoms with E-state index in [1.165, 1.54) is 45.1 Å². The van der Waals surface area contributed by atoms with Crippen LogP contribution in [0.25, 0.3) is 0 Å². The average molecular weight is 248 g/mol. The van der Waals surface area contributed by atoms with Crippen LogP contribution in [0.15, 0.2) is 0 Å². The van der Waals surface area contributed by atoms with E-state index in [0.29, 0.717) is 6.17 Å². The van der Waals surface area contributed by atoms with Crippen LogP contribution in [0.2, 0.25) is 5.31 Å². The lowest BCUT2D eigenvalue weighted by Crippen LogP contribution is -2.54. The van der Waals surface area contributed by atoms with Gasteiger partial charge in [-0.25, -0.2) is 0 Å². The van der Waals surface area contributed by atoms with E-state index in [0.717, 1.165) is 11.8 Å². The zero-order chi connectivity index (χ0) is 13.3. The lowest BCUT2D eigenvalue weighted by Gasteiger charge is -2.49. The Morgan fingerprint density at radius 3 is 2.56 bits per heavy atom. The van der Waals surface area contributed by atoms with Gasteiger partial charge in [-0.1, -0.05) is 37.9 Å². The SMILES string of the molecule is [B]C1(C)CCCC2C(CCN(C)C2N(C)C)CC1. The molecule has 0 N–H and O–H groups in total. The minimum atomic E-state index is 0.0853. The average Bonchev–Trinajstić information content (AvgIpc) is 2.25. The van der Waals surface area contributed by atoms with Gasteiger partial charge in [-0.05, 0) is 52.4 Å². The topological polar surface area (TPSA) is 6.48 Å². The zero-order valence-electron chi connectivity index (χ0n) is 12.7. The van der Waals surface area contributed by atoms with Crippen LogP contribution in [-0.4, -0.2) is 51.5 Å². The van der Waals surface area contributed by atoms with Crippen molar-refractivity contribution in [2.75, 3.05) is 27.7 Å². The lowest BCUT2D eigenvalue weighted by atomic mass is 9.60. The summed E-state index contributed by atoms with van der Waals surface area (Å²) in [5, 5.41) is 0.0853. The quantitative estimate of drug-likeness (QED) is 0.658. The summed E-state index contributed by atoms with van der Waals surface area (Å²) >= 11 is 0. The third-order valence-corrected chi connectivity index (χ3v) is 5.19. The van der Waals surface area contributed by atoms with E-state index in [-0.39, 0.29) is 5.31 Å². The monoisotopic (exact) mass is 248 g/mol. The molecule has 0 amide bonds. The van der Waals surface area contributed by atoms with Gasteiger partial charge in [0.1, 0.15) is 0 Å². The molecule has 1 aliphatic carbocycles. The molecule has 2 rings (SSSR count). The summed E-state index contributed by atoms with van der Waals surface area (Å²) in [5.74, 6) is 1.73. The Bertz CT molecular complexity index is 278. The second-order valence-corrected chi connectivity index (χ2v) is 7.16. The van der Waals surface area contributed by atoms with Crippen LogP contribution in [0.1, 0.15) is 45.4 Å². The molecule has 4 atom stereocenters. The zero-order valence-corrected chi connectivity index (χ0v) is 12.7. The van der Waals surface area contributed by atoms with E-state index in [4.69, 9.17) is 7.85 Å². The van der Waals surface area contributed by atoms with E-state index in [1.807, 2.05) is 0 Å². The van der Waals surface area contributed by atoms with Crippen molar-refractivity contribution in [1.82, 2.24) is 9.80 Å². The first-order valence-electron chi connectivity index (χ1n) is 7.56. The van der Waals surface area contributed by atoms with Gasteiger partial charge in [-0.3, -0.25) is 9.80 Å². The second-order valence-electron chi connectivity index (χ2n) is 7.16. The maximum Gasteiger partial charge on any atom is 0.0742 e. The Balaban J connectivity index is 2.09. The van der Waals surface area contributed by atoms with Crippen LogP contribution >= 0.6 is 0 Å². The van der Waals surface area contributed by atoms with Gasteiger partial charge in [0.15, 0.2) is 0 Å². The third-order valence-electron chi connectivity index (χ3n) is 5.19. The molecule has 0 bridgehead atoms. The molecule has 0 aromatic carbocycles. The first-order chi connectivity index (χ1) is 8.41. The van der Waals surface area contributed by atoms with Crippen molar-refractivity contribution in [1.29, 1.82) is 0 Å². The van der Waals surface area contributed by atoms with Gasteiger partial charge < -0.3 is 0 Å². The largest absolute Gasteiger partial charge is 0.294 e. The maximum atomic E-state index is 6.37. The summed E-state index contributed by atoms with van der Waals surface area (Å²) in [6, 6.07) is 0. The molecule has 0 spiro atoms. The lowest BCUT2D eigenvalue weighted by molar-refractivity contribution is -0.0273. The molecular formula is C15H29BN2. The number of hydrogen-bond donors (Lipinski definition) is 0. The van der Waals surface area contributed by atoms with E-state index in [1.54, 1.807) is 0 Å². The molecule has 2 nitrogen and oxygen atoms in total. The van der Waals surface area contributed by atoms with Crippen molar-refractivity contribution in [2.24, 2.45) is 11.8 Å². The number of nitrogens with zero attached hydrogens (tertiary/aromatic N) is 2. The number of hydrogen-bond acceptors (Lipinski definition) is 2. The second kappa shape index (κ2) is 5.54. The predicted molar refractivity (Wildman–Crippen MR) is 78.9 cm³/mol. The first kappa shape index (κ1) is 14.4. The van der Waals surface area contributed by atoms with Crippen molar-refractivity contribution >= 4 is 7.85 Å². The standard InChI is InChI=1S/C15H29BN2/c1-15(16)9-5-6-13-12(7-10-15)8-11-18(4)14(13)17(2)3/h12-14H,5-11H2,1-4H3. The van der Waals surface area contributed by atoms with Gasteiger partial charge in [-0.15, -0.1) is 0 Å². The number of rotatable bonds is 1. The molecule has 4 unspecified atom stereocenters. The van der Waals surface area contributed by atoms with Gasteiger partial charge in [-0.2, -0.15) is 0 Å². The summed E-state index contributed by atoms with van der Waals surface area (Å²) in [6.45, 7) is 3.48. The summed E-state index contributed by atoms with van der Waals surface area (Å²) in [6.07, 6.45) is 8.37. The molecule has 3 heteroatoms. The molecule has 18 heavy (non-hydrogen) atoms. The maximum absolute atomic E-state index is 6.37. The smallest absolute Gasteiger partial charge is 0.0742 e. The van der Waals surface area contributed by atoms with Crippen LogP contribution in [0, 0.1) is 11.8 Å². The predicted octanol–water partition coefficient (Wildman–Crippen LogP) is 2.75. The fourth-order valence-electron chi connectivity index (χ4n) is 4.19. The highest BCUT2D eigenvalue weighted by molar-refractivity contribution is 6.14. The van der Waals surface area contributed by atoms with E-state index >= 15 is 0 Å². The van der Waals surface area contributed by atoms with Crippen molar-refractivity contribution in [3.05, 3.63) is 0 Å². The Morgan fingerprint density at radius 1 is 1.17 bits per heavy atom. The van der Waals surface area contributed by atoms with Gasteiger partial charge in [0, 0.05) is 0 Å². The summed E-state index contributed by atoms with van der Waals surface area (Å²) in [7, 11) is 13.1. The highest BCUT2D eigenvalue weighted by Gasteiger charge is 2.38. The van der Waals surface area contributed by atoms with Crippen LogP contribution in [-0.2, 0) is 0 Å². The normalized spacial score (nSPS) is 43.3. The Kier molecular flexibility index (Phi) is 4.43. The van der Waals surface area contributed by atoms with Gasteiger partial charge in [0.05, 0.1) is 14.0 Å². The van der Waals surface area contributed by atoms with Gasteiger partial charge in [0.25, 0.3) is 0 Å². The number of piperidine rings is 1. The first-order valence-corrected chi connectivity index (χ1v) is 7.56. The van der Waals surface area contributed by atoms with E-state index in [2.05, 4.69) is 37.9 Å². The van der Waals surface area contributed by atoms with Crippen molar-refractivity contribution < 1.29 is 0 Å². The van der Waals surface area contributed by atoms with Crippen molar-refractivity contribution in [3.63, 3.8) is 0 Å². The van der Waals surface area contributed by atoms with E-state index < -0.39 is 0 Å². The van der Waals surface area contributed by atoms with Crippen molar-refractivity contribution in [2.45, 2.75) is 56.9 Å². The Hall–Kier alpha value is -0.0151. The third kappa shape index (κ3) is 3.11. The number of fused-ring (bicyclic) bond motifs is 1. The minimum Gasteiger partial charge on any atom is -0.294 e. The highest BCUT2D eigenvalue weighted by Crippen LogP contribution is 2.44. The molecule has 102 valence electrons. The van der Waals surface area contributed by atoms with Gasteiger partial charge in [0.2, 0.25) is 0 Å². The van der Waals surface area contributed by atoms with Crippen LogP contribution in [0.3, 0.4) is 0 Å². The molecule has 1 heterocycles. The Labute approximate surface area is 115 Å². The Morgan fingerprint density at radius 2 is 1.89 bits per heavy atom. The summed E-state index contributed by atoms with van der Waals surface area (Å²) in [4.78, 5) is 4.96. The summed E-state index contributed by atoms with van der Waals surface area (Å²) < 4.78 is 0. The molecule has 2 radical (unpaired) electrons. The van der Waals surface area contributed by atoms with Crippen LogP contribution < -0.4 is 0 Å². The van der Waals surface area contributed by atoms with Crippen molar-refractivity contribution in [3.8, 4) is 0 Å². The van der Waals surface area contributed by atoms with Crippen LogP contribution in [0.5, 0.6) is 0 Å². The fraction of sp³-hybridized carbons (Fsp3) is 1.00. The molecule has 1 saturated heterocycles. The molecule has 2 fully saturated rings. The summed E-state index contributed by atoms with van der Waals surface area (Å²) in [5.41, 5.74) is 0. The molecular weight excluding hydrogens is 219 g/mol. The molecule has 1 saturated carbocycles. The molecule has 1 aliphatic heterocycles. The van der Waals surface area contributed by atoms with Crippen LogP contribution in [0.4, 0.5) is 0 Å². The highest BCUT2D eigenvalue weighted by atomic mass is 15.3. The minimum absolute atomic E-state index is 0.0853. The fourth-order valence-corrected chi connectivity index (χ4v) is 4.19. The molecule has 0 aromatic heterocycles. The van der Waals surface area contributed by atoms with E-state index in [9.17, 15) is 0 Å². The van der Waals surface area contributed by atoms with Gasteiger partial charge >= 0.3 is 0 Å².